The van der Waals surface area contributed by atoms with E-state index in [1.165, 1.54) is 17.7 Å². The highest BCUT2D eigenvalue weighted by atomic mass is 79.9. The molecule has 178 valence electrons. The summed E-state index contributed by atoms with van der Waals surface area (Å²) >= 11 is 3.48. The molecule has 0 saturated carbocycles. The number of hydrogen-bond acceptors (Lipinski definition) is 3. The Balaban J connectivity index is 1.42. The zero-order valence-corrected chi connectivity index (χ0v) is 21.3. The van der Waals surface area contributed by atoms with Gasteiger partial charge >= 0.3 is 0 Å². The van der Waals surface area contributed by atoms with Gasteiger partial charge in [0.2, 0.25) is 5.91 Å². The summed E-state index contributed by atoms with van der Waals surface area (Å²) in [4.78, 5) is 22.4. The van der Waals surface area contributed by atoms with Crippen molar-refractivity contribution in [1.82, 2.24) is 14.8 Å². The summed E-state index contributed by atoms with van der Waals surface area (Å²) in [6.07, 6.45) is 4.46. The predicted molar refractivity (Wildman–Crippen MR) is 137 cm³/mol. The molecule has 1 aromatic heterocycles. The average Bonchev–Trinajstić information content (AvgIpc) is 2.86. The number of nitrogens with zero attached hydrogens (tertiary/aromatic N) is 3. The lowest BCUT2D eigenvalue weighted by Crippen LogP contribution is -2.43. The number of likely N-dealkylation sites (tertiary alicyclic amines) is 1. The van der Waals surface area contributed by atoms with Gasteiger partial charge in [-0.3, -0.25) is 9.78 Å². The van der Waals surface area contributed by atoms with Crippen molar-refractivity contribution in [3.05, 3.63) is 99.5 Å². The van der Waals surface area contributed by atoms with E-state index in [9.17, 15) is 9.18 Å². The van der Waals surface area contributed by atoms with E-state index < -0.39 is 0 Å². The van der Waals surface area contributed by atoms with Crippen LogP contribution in [0.2, 0.25) is 0 Å². The van der Waals surface area contributed by atoms with Crippen molar-refractivity contribution >= 4 is 21.8 Å². The summed E-state index contributed by atoms with van der Waals surface area (Å²) < 4.78 is 14.7. The lowest BCUT2D eigenvalue weighted by atomic mass is 9.92. The van der Waals surface area contributed by atoms with E-state index in [1.807, 2.05) is 31.0 Å². The third-order valence-corrected chi connectivity index (χ3v) is 7.33. The van der Waals surface area contributed by atoms with Crippen molar-refractivity contribution in [2.24, 2.45) is 5.92 Å². The molecule has 2 aromatic carbocycles. The molecule has 1 saturated heterocycles. The van der Waals surface area contributed by atoms with E-state index in [0.717, 1.165) is 60.2 Å². The van der Waals surface area contributed by atoms with Crippen LogP contribution in [-0.4, -0.2) is 47.4 Å². The second-order valence-corrected chi connectivity index (χ2v) is 10.0. The first kappa shape index (κ1) is 24.6. The number of benzene rings is 2. The maximum absolute atomic E-state index is 13.6. The maximum Gasteiger partial charge on any atom is 0.226 e. The van der Waals surface area contributed by atoms with Crippen LogP contribution in [0.5, 0.6) is 0 Å². The van der Waals surface area contributed by atoms with E-state index in [-0.39, 0.29) is 23.7 Å². The van der Waals surface area contributed by atoms with Crippen molar-refractivity contribution < 1.29 is 9.18 Å². The minimum absolute atomic E-state index is 0.0131. The number of rotatable bonds is 7. The Morgan fingerprint density at radius 2 is 1.79 bits per heavy atom. The smallest absolute Gasteiger partial charge is 0.226 e. The van der Waals surface area contributed by atoms with Crippen LogP contribution in [0.4, 0.5) is 4.39 Å². The summed E-state index contributed by atoms with van der Waals surface area (Å²) in [6.45, 7) is 4.85. The van der Waals surface area contributed by atoms with Crippen LogP contribution in [0, 0.1) is 18.7 Å². The van der Waals surface area contributed by atoms with Crippen LogP contribution in [-0.2, 0) is 11.2 Å². The second-order valence-electron chi connectivity index (χ2n) is 9.10. The number of pyridine rings is 1. The molecule has 4 rings (SSSR count). The van der Waals surface area contributed by atoms with Crippen LogP contribution in [0.1, 0.15) is 41.3 Å². The predicted octanol–water partition coefficient (Wildman–Crippen LogP) is 5.79. The Labute approximate surface area is 209 Å². The second kappa shape index (κ2) is 11.2. The molecular formula is C28H31BrFN3O. The number of carbonyl (C=O) groups is 1. The molecule has 3 aromatic rings. The maximum atomic E-state index is 13.6. The van der Waals surface area contributed by atoms with E-state index in [1.54, 1.807) is 18.3 Å². The molecule has 2 heterocycles. The Kier molecular flexibility index (Phi) is 8.11. The van der Waals surface area contributed by atoms with Gasteiger partial charge in [0.1, 0.15) is 5.82 Å². The Bertz CT molecular complexity index is 1100. The number of amides is 1. The third kappa shape index (κ3) is 5.91. The van der Waals surface area contributed by atoms with Gasteiger partial charge in [0.15, 0.2) is 0 Å². The molecule has 0 aliphatic carbocycles. The van der Waals surface area contributed by atoms with Gasteiger partial charge in [0.25, 0.3) is 0 Å². The highest BCUT2D eigenvalue weighted by Gasteiger charge is 2.32. The molecule has 1 unspecified atom stereocenters. The van der Waals surface area contributed by atoms with E-state index >= 15 is 0 Å². The number of piperidine rings is 1. The first-order chi connectivity index (χ1) is 16.4. The molecule has 4 nitrogen and oxygen atoms in total. The minimum atomic E-state index is -0.343. The fourth-order valence-electron chi connectivity index (χ4n) is 4.75. The van der Waals surface area contributed by atoms with Crippen molar-refractivity contribution in [2.75, 3.05) is 26.7 Å². The normalized spacial score (nSPS) is 15.8. The van der Waals surface area contributed by atoms with Crippen molar-refractivity contribution in [2.45, 2.75) is 32.2 Å². The number of aromatic nitrogens is 1. The summed E-state index contributed by atoms with van der Waals surface area (Å²) in [5, 5.41) is 0. The van der Waals surface area contributed by atoms with E-state index in [2.05, 4.69) is 50.1 Å². The van der Waals surface area contributed by atoms with Gasteiger partial charge in [-0.15, -0.1) is 0 Å². The largest absolute Gasteiger partial charge is 0.333 e. The van der Waals surface area contributed by atoms with Gasteiger partial charge in [-0.05, 0) is 86.3 Å². The fourth-order valence-corrected chi connectivity index (χ4v) is 5.02. The van der Waals surface area contributed by atoms with Gasteiger partial charge in [0, 0.05) is 30.2 Å². The van der Waals surface area contributed by atoms with E-state index in [0.29, 0.717) is 0 Å². The van der Waals surface area contributed by atoms with Gasteiger partial charge in [-0.25, -0.2) is 4.39 Å². The molecule has 1 amide bonds. The van der Waals surface area contributed by atoms with Crippen LogP contribution >= 0.6 is 15.9 Å². The van der Waals surface area contributed by atoms with Crippen LogP contribution in [0.15, 0.2) is 71.3 Å². The lowest BCUT2D eigenvalue weighted by Gasteiger charge is -2.36. The van der Waals surface area contributed by atoms with Crippen LogP contribution in [0.3, 0.4) is 0 Å². The molecule has 0 spiro atoms. The van der Waals surface area contributed by atoms with Crippen LogP contribution < -0.4 is 0 Å². The lowest BCUT2D eigenvalue weighted by molar-refractivity contribution is -0.137. The first-order valence-electron chi connectivity index (χ1n) is 11.8. The molecule has 0 bridgehead atoms. The molecule has 1 aliphatic rings. The van der Waals surface area contributed by atoms with Gasteiger partial charge in [-0.2, -0.15) is 0 Å². The molecule has 6 heteroatoms. The molecule has 1 fully saturated rings. The molecule has 0 N–H and O–H groups in total. The molecular weight excluding hydrogens is 493 g/mol. The minimum Gasteiger partial charge on any atom is -0.333 e. The van der Waals surface area contributed by atoms with Crippen molar-refractivity contribution in [1.29, 1.82) is 0 Å². The van der Waals surface area contributed by atoms with Gasteiger partial charge in [-0.1, -0.05) is 46.3 Å². The summed E-state index contributed by atoms with van der Waals surface area (Å²) in [5.41, 5.74) is 4.04. The number of carbonyl (C=O) groups excluding carboxylic acids is 1. The monoisotopic (exact) mass is 523 g/mol. The molecule has 34 heavy (non-hydrogen) atoms. The number of halogens is 2. The molecule has 1 aliphatic heterocycles. The molecule has 1 atom stereocenters. The number of aryl methyl sites for hydroxylation is 1. The standard InChI is InChI=1S/C28H31BrFN3O/c1-20-4-3-16-31-26(20)27(22-7-11-25(30)12-8-22)32(2)28(34)23-14-18-33(19-15-23)17-13-21-5-9-24(29)10-6-21/h3-12,16,23,27H,13-15,17-19H2,1-2H3. The van der Waals surface area contributed by atoms with Crippen molar-refractivity contribution in [3.8, 4) is 0 Å². The Hall–Kier alpha value is -2.57. The first-order valence-corrected chi connectivity index (χ1v) is 12.6. The topological polar surface area (TPSA) is 36.4 Å². The summed E-state index contributed by atoms with van der Waals surface area (Å²) in [7, 11) is 1.85. The van der Waals surface area contributed by atoms with Gasteiger partial charge < -0.3 is 9.80 Å². The summed E-state index contributed by atoms with van der Waals surface area (Å²) in [5.74, 6) is -0.169. The fraction of sp³-hybridized carbons (Fsp3) is 0.357. The zero-order valence-electron chi connectivity index (χ0n) is 19.8. The highest BCUT2D eigenvalue weighted by molar-refractivity contribution is 9.10. The Morgan fingerprint density at radius 3 is 2.44 bits per heavy atom. The third-order valence-electron chi connectivity index (χ3n) is 6.80. The number of hydrogen-bond donors (Lipinski definition) is 0. The SMILES string of the molecule is Cc1cccnc1C(c1ccc(F)cc1)N(C)C(=O)C1CCN(CCc2ccc(Br)cc2)CC1. The average molecular weight is 524 g/mol. The summed E-state index contributed by atoms with van der Waals surface area (Å²) in [6, 6.07) is 18.4. The Morgan fingerprint density at radius 1 is 1.12 bits per heavy atom. The van der Waals surface area contributed by atoms with E-state index in [4.69, 9.17) is 0 Å². The van der Waals surface area contributed by atoms with Gasteiger partial charge in [0.05, 0.1) is 11.7 Å². The van der Waals surface area contributed by atoms with Crippen molar-refractivity contribution in [3.63, 3.8) is 0 Å². The zero-order chi connectivity index (χ0) is 24.1. The van der Waals surface area contributed by atoms with Crippen LogP contribution in [0.25, 0.3) is 0 Å². The molecule has 0 radical (unpaired) electrons. The highest BCUT2D eigenvalue weighted by Crippen LogP contribution is 2.31. The quantitative estimate of drug-likeness (QED) is 0.393.